The summed E-state index contributed by atoms with van der Waals surface area (Å²) < 4.78 is 58.4. The molecule has 9 heteroatoms. The molecule has 0 aliphatic carbocycles. The molecule has 2 heterocycles. The molecule has 1 aromatic heterocycles. The van der Waals surface area contributed by atoms with Gasteiger partial charge in [-0.15, -0.1) is 11.3 Å². The Bertz CT molecular complexity index is 1150. The van der Waals surface area contributed by atoms with Crippen LogP contribution in [0.2, 0.25) is 0 Å². The number of carbonyl (C=O) groups excluding carboxylic acids is 1. The largest absolute Gasteiger partial charge is 0.436 e. The van der Waals surface area contributed by atoms with E-state index in [0.29, 0.717) is 17.3 Å². The molecule has 1 fully saturated rings. The van der Waals surface area contributed by atoms with E-state index in [2.05, 4.69) is 4.98 Å². The quantitative estimate of drug-likeness (QED) is 0.287. The molecule has 35 heavy (non-hydrogen) atoms. The van der Waals surface area contributed by atoms with Gasteiger partial charge in [-0.05, 0) is 23.6 Å². The lowest BCUT2D eigenvalue weighted by molar-refractivity contribution is -0.242. The van der Waals surface area contributed by atoms with Gasteiger partial charge in [0.2, 0.25) is 6.29 Å². The molecule has 5 nitrogen and oxygen atoms in total. The molecule has 1 aliphatic rings. The predicted molar refractivity (Wildman–Crippen MR) is 125 cm³/mol. The number of nitrogens with zero attached hydrogens (tertiary/aromatic N) is 1. The molecule has 5 atom stereocenters. The molecule has 0 bridgehead atoms. The van der Waals surface area contributed by atoms with Crippen LogP contribution in [0.4, 0.5) is 13.2 Å². The summed E-state index contributed by atoms with van der Waals surface area (Å²) in [7, 11) is 0. The van der Waals surface area contributed by atoms with Gasteiger partial charge in [-0.25, -0.2) is 18.2 Å². The minimum absolute atomic E-state index is 0.0618. The fourth-order valence-corrected chi connectivity index (χ4v) is 5.54. The monoisotopic (exact) mass is 505 g/mol. The Kier molecular flexibility index (Phi) is 7.88. The minimum Gasteiger partial charge on any atom is -0.436 e. The number of hydrogen-bond donors (Lipinski definition) is 0. The van der Waals surface area contributed by atoms with Crippen LogP contribution in [0, 0.1) is 29.3 Å². The normalized spacial score (nSPS) is 24.3. The Hall–Kier alpha value is -2.75. The third-order valence-corrected chi connectivity index (χ3v) is 7.17. The lowest BCUT2D eigenvalue weighted by Gasteiger charge is -2.43. The van der Waals surface area contributed by atoms with E-state index in [-0.39, 0.29) is 36.0 Å². The average Bonchev–Trinajstić information content (AvgIpc) is 3.30. The van der Waals surface area contributed by atoms with Crippen molar-refractivity contribution in [2.45, 2.75) is 45.7 Å². The Labute approximate surface area is 205 Å². The van der Waals surface area contributed by atoms with E-state index in [1.54, 1.807) is 5.38 Å². The van der Waals surface area contributed by atoms with E-state index in [1.807, 2.05) is 44.2 Å². The van der Waals surface area contributed by atoms with Gasteiger partial charge in [0.05, 0.1) is 30.0 Å². The molecule has 2 aromatic carbocycles. The summed E-state index contributed by atoms with van der Waals surface area (Å²) >= 11 is 1.33. The van der Waals surface area contributed by atoms with Gasteiger partial charge in [0.1, 0.15) is 0 Å². The van der Waals surface area contributed by atoms with E-state index in [4.69, 9.17) is 14.2 Å². The second kappa shape index (κ2) is 10.9. The summed E-state index contributed by atoms with van der Waals surface area (Å²) in [5.74, 6) is -4.99. The van der Waals surface area contributed by atoms with Crippen LogP contribution in [0.15, 0.2) is 47.8 Å². The average molecular weight is 506 g/mol. The number of halogens is 3. The van der Waals surface area contributed by atoms with Crippen molar-refractivity contribution >= 4 is 17.3 Å². The highest BCUT2D eigenvalue weighted by Crippen LogP contribution is 2.44. The Morgan fingerprint density at radius 2 is 1.77 bits per heavy atom. The highest BCUT2D eigenvalue weighted by molar-refractivity contribution is 7.10. The van der Waals surface area contributed by atoms with Crippen LogP contribution in [0.5, 0.6) is 0 Å². The van der Waals surface area contributed by atoms with Gasteiger partial charge in [0.15, 0.2) is 17.5 Å². The Morgan fingerprint density at radius 1 is 1.09 bits per heavy atom. The number of hydrogen-bond acceptors (Lipinski definition) is 6. The fourth-order valence-electron chi connectivity index (χ4n) is 4.38. The standard InChI is InChI=1S/C26H26F3NO4S/c1-14-22(12-32-11-17-7-5-4-6-8-17)34-26(33-16(3)31)15(2)23(14)25-30-21(13-35-25)18-9-19(27)24(29)20(28)10-18/h4-10,13-15,22-23,26H,11-12H2,1-3H3/t14-,15?,22?,23-,26-/m0/s1. The van der Waals surface area contributed by atoms with Crippen molar-refractivity contribution in [1.29, 1.82) is 0 Å². The van der Waals surface area contributed by atoms with E-state index < -0.39 is 29.7 Å². The maximum atomic E-state index is 13.8. The molecular formula is C26H26F3NO4S. The zero-order valence-electron chi connectivity index (χ0n) is 19.5. The van der Waals surface area contributed by atoms with E-state index in [1.165, 1.54) is 18.3 Å². The maximum absolute atomic E-state index is 13.8. The number of ether oxygens (including phenoxy) is 3. The first kappa shape index (κ1) is 25.3. The molecule has 0 amide bonds. The van der Waals surface area contributed by atoms with Crippen LogP contribution in [0.3, 0.4) is 0 Å². The Balaban J connectivity index is 1.56. The molecular weight excluding hydrogens is 479 g/mol. The van der Waals surface area contributed by atoms with Crippen molar-refractivity contribution in [3.8, 4) is 11.3 Å². The van der Waals surface area contributed by atoms with E-state index in [9.17, 15) is 18.0 Å². The van der Waals surface area contributed by atoms with Gasteiger partial charge in [-0.3, -0.25) is 4.79 Å². The van der Waals surface area contributed by atoms with Gasteiger partial charge in [0, 0.05) is 29.7 Å². The smallest absolute Gasteiger partial charge is 0.304 e. The van der Waals surface area contributed by atoms with Gasteiger partial charge in [-0.1, -0.05) is 44.2 Å². The van der Waals surface area contributed by atoms with Gasteiger partial charge in [0.25, 0.3) is 0 Å². The lowest BCUT2D eigenvalue weighted by Crippen LogP contribution is -2.48. The summed E-state index contributed by atoms with van der Waals surface area (Å²) in [6.45, 7) is 5.94. The molecule has 0 saturated carbocycles. The SMILES string of the molecule is CC(=O)O[C@H]1OC(COCc2ccccc2)[C@H](C)[C@H](c2nc(-c3cc(F)c(F)c(F)c3)cs2)C1C. The zero-order chi connectivity index (χ0) is 25.1. The number of esters is 1. The van der Waals surface area contributed by atoms with E-state index >= 15 is 0 Å². The summed E-state index contributed by atoms with van der Waals surface area (Å²) in [5.41, 5.74) is 1.52. The third kappa shape index (κ3) is 5.74. The van der Waals surface area contributed by atoms with E-state index in [0.717, 1.165) is 17.7 Å². The van der Waals surface area contributed by atoms with Gasteiger partial charge >= 0.3 is 5.97 Å². The van der Waals surface area contributed by atoms with Crippen LogP contribution in [-0.4, -0.2) is 30.0 Å². The molecule has 2 unspecified atom stereocenters. The summed E-state index contributed by atoms with van der Waals surface area (Å²) in [4.78, 5) is 16.3. The lowest BCUT2D eigenvalue weighted by atomic mass is 9.78. The minimum atomic E-state index is -1.52. The highest BCUT2D eigenvalue weighted by Gasteiger charge is 2.45. The topological polar surface area (TPSA) is 57.7 Å². The number of aromatic nitrogens is 1. The highest BCUT2D eigenvalue weighted by atomic mass is 32.1. The van der Waals surface area contributed by atoms with Crippen molar-refractivity contribution in [3.63, 3.8) is 0 Å². The second-order valence-electron chi connectivity index (χ2n) is 8.72. The number of thiazole rings is 1. The van der Waals surface area contributed by atoms with Crippen LogP contribution in [0.25, 0.3) is 11.3 Å². The van der Waals surface area contributed by atoms with Crippen LogP contribution >= 0.6 is 11.3 Å². The first-order valence-electron chi connectivity index (χ1n) is 11.3. The number of rotatable bonds is 7. The molecule has 3 aromatic rings. The number of carbonyl (C=O) groups is 1. The van der Waals surface area contributed by atoms with Crippen molar-refractivity contribution in [1.82, 2.24) is 4.98 Å². The molecule has 1 aliphatic heterocycles. The molecule has 4 rings (SSSR count). The number of benzene rings is 2. The van der Waals surface area contributed by atoms with Crippen molar-refractivity contribution in [2.75, 3.05) is 6.61 Å². The second-order valence-corrected chi connectivity index (χ2v) is 9.61. The summed E-state index contributed by atoms with van der Waals surface area (Å²) in [6, 6.07) is 11.6. The molecule has 0 radical (unpaired) electrons. The van der Waals surface area contributed by atoms with Crippen molar-refractivity contribution in [3.05, 3.63) is 75.9 Å². The van der Waals surface area contributed by atoms with Crippen LogP contribution in [-0.2, 0) is 25.6 Å². The zero-order valence-corrected chi connectivity index (χ0v) is 20.4. The van der Waals surface area contributed by atoms with Crippen LogP contribution in [0.1, 0.15) is 37.3 Å². The van der Waals surface area contributed by atoms with Gasteiger partial charge in [-0.2, -0.15) is 0 Å². The molecule has 186 valence electrons. The van der Waals surface area contributed by atoms with Gasteiger partial charge < -0.3 is 14.2 Å². The predicted octanol–water partition coefficient (Wildman–Crippen LogP) is 6.09. The summed E-state index contributed by atoms with van der Waals surface area (Å²) in [5, 5.41) is 2.39. The van der Waals surface area contributed by atoms with Crippen molar-refractivity contribution < 1.29 is 32.2 Å². The first-order valence-corrected chi connectivity index (χ1v) is 12.2. The van der Waals surface area contributed by atoms with Crippen LogP contribution < -0.4 is 0 Å². The molecule has 0 N–H and O–H groups in total. The first-order chi connectivity index (χ1) is 16.7. The third-order valence-electron chi connectivity index (χ3n) is 6.22. The molecule has 1 saturated heterocycles. The fraction of sp³-hybridized carbons (Fsp3) is 0.385. The molecule has 0 spiro atoms. The van der Waals surface area contributed by atoms with Crippen molar-refractivity contribution in [2.24, 2.45) is 11.8 Å². The maximum Gasteiger partial charge on any atom is 0.304 e. The summed E-state index contributed by atoms with van der Waals surface area (Å²) in [6.07, 6.45) is -1.18. The Morgan fingerprint density at radius 3 is 2.43 bits per heavy atom.